The fourth-order valence-electron chi connectivity index (χ4n) is 4.47. The molecule has 0 N–H and O–H groups in total. The van der Waals surface area contributed by atoms with Gasteiger partial charge in [-0.05, 0) is 52.0 Å². The van der Waals surface area contributed by atoms with E-state index < -0.39 is 17.2 Å². The van der Waals surface area contributed by atoms with Crippen molar-refractivity contribution < 1.29 is 23.9 Å². The average Bonchev–Trinajstić information content (AvgIpc) is 3.42. The molecule has 0 radical (unpaired) electrons. The van der Waals surface area contributed by atoms with Crippen LogP contribution in [-0.4, -0.2) is 65.0 Å². The molecule has 2 aliphatic rings. The van der Waals surface area contributed by atoms with Crippen molar-refractivity contribution in [3.05, 3.63) is 35.9 Å². The molecule has 176 valence electrons. The zero-order chi connectivity index (χ0) is 23.2. The van der Waals surface area contributed by atoms with Gasteiger partial charge in [0, 0.05) is 32.5 Å². The van der Waals surface area contributed by atoms with Crippen LogP contribution in [0, 0.1) is 0 Å². The van der Waals surface area contributed by atoms with Crippen molar-refractivity contribution in [2.24, 2.45) is 0 Å². The van der Waals surface area contributed by atoms with E-state index in [0.29, 0.717) is 26.0 Å². The quantitative estimate of drug-likeness (QED) is 0.607. The molecule has 2 amide bonds. The molecule has 7 heteroatoms. The third kappa shape index (κ3) is 6.09. The van der Waals surface area contributed by atoms with E-state index in [1.54, 1.807) is 0 Å². The molecule has 0 aliphatic carbocycles. The molecule has 0 aromatic heterocycles. The Hall–Kier alpha value is -2.41. The van der Waals surface area contributed by atoms with Crippen LogP contribution < -0.4 is 0 Å². The molecule has 0 spiro atoms. The van der Waals surface area contributed by atoms with Gasteiger partial charge in [-0.2, -0.15) is 0 Å². The number of ether oxygens (including phenoxy) is 2. The first-order chi connectivity index (χ1) is 15.2. The Balaban J connectivity index is 1.72. The van der Waals surface area contributed by atoms with Crippen molar-refractivity contribution in [1.82, 2.24) is 9.80 Å². The van der Waals surface area contributed by atoms with Gasteiger partial charge in [0.05, 0.1) is 13.2 Å². The predicted octanol–water partition coefficient (Wildman–Crippen LogP) is 3.94. The Morgan fingerprint density at radius 2 is 1.66 bits per heavy atom. The molecule has 0 saturated carbocycles. The summed E-state index contributed by atoms with van der Waals surface area (Å²) in [5.41, 5.74) is -0.755. The van der Waals surface area contributed by atoms with Gasteiger partial charge in [0.15, 0.2) is 5.78 Å². The number of Topliss-reactive ketones (excluding diaryl/α,β-unsaturated/α-hetero) is 1. The zero-order valence-electron chi connectivity index (χ0n) is 19.6. The van der Waals surface area contributed by atoms with Crippen molar-refractivity contribution in [1.29, 1.82) is 0 Å². The highest BCUT2D eigenvalue weighted by Gasteiger charge is 2.50. The van der Waals surface area contributed by atoms with E-state index in [-0.39, 0.29) is 31.1 Å². The summed E-state index contributed by atoms with van der Waals surface area (Å²) in [6.45, 7) is 7.85. The van der Waals surface area contributed by atoms with Crippen LogP contribution in [0.5, 0.6) is 0 Å². The van der Waals surface area contributed by atoms with Gasteiger partial charge in [-0.3, -0.25) is 14.5 Å². The van der Waals surface area contributed by atoms with Gasteiger partial charge in [-0.15, -0.1) is 0 Å². The number of carbonyl (C=O) groups excluding carboxylic acids is 3. The van der Waals surface area contributed by atoms with E-state index >= 15 is 0 Å². The summed E-state index contributed by atoms with van der Waals surface area (Å²) in [7, 11) is 0. The van der Waals surface area contributed by atoms with Crippen LogP contribution in [-0.2, 0) is 25.7 Å². The molecule has 0 bridgehead atoms. The Morgan fingerprint density at radius 1 is 0.969 bits per heavy atom. The summed E-state index contributed by atoms with van der Waals surface area (Å²) < 4.78 is 11.6. The van der Waals surface area contributed by atoms with Crippen LogP contribution in [0.15, 0.2) is 30.3 Å². The molecule has 2 saturated heterocycles. The van der Waals surface area contributed by atoms with Gasteiger partial charge < -0.3 is 14.4 Å². The molecular formula is C25H36N2O5. The fraction of sp³-hybridized carbons (Fsp3) is 0.640. The van der Waals surface area contributed by atoms with E-state index in [0.717, 1.165) is 31.5 Å². The maximum atomic E-state index is 13.5. The van der Waals surface area contributed by atoms with Crippen molar-refractivity contribution in [2.75, 3.05) is 26.2 Å². The molecule has 7 nitrogen and oxygen atoms in total. The number of hydrogen-bond donors (Lipinski definition) is 0. The number of likely N-dealkylation sites (tertiary alicyclic amines) is 2. The lowest BCUT2D eigenvalue weighted by Gasteiger charge is -2.38. The zero-order valence-corrected chi connectivity index (χ0v) is 19.6. The predicted molar refractivity (Wildman–Crippen MR) is 121 cm³/mol. The summed E-state index contributed by atoms with van der Waals surface area (Å²) in [4.78, 5) is 42.4. The lowest BCUT2D eigenvalue weighted by atomic mass is 9.88. The van der Waals surface area contributed by atoms with Crippen LogP contribution in [0.3, 0.4) is 0 Å². The first kappa shape index (κ1) is 24.2. The van der Waals surface area contributed by atoms with Crippen LogP contribution in [0.25, 0.3) is 0 Å². The van der Waals surface area contributed by atoms with Crippen molar-refractivity contribution in [2.45, 2.75) is 77.0 Å². The molecule has 1 aromatic rings. The van der Waals surface area contributed by atoms with Crippen molar-refractivity contribution in [3.63, 3.8) is 0 Å². The van der Waals surface area contributed by atoms with Gasteiger partial charge in [-0.1, -0.05) is 30.3 Å². The van der Waals surface area contributed by atoms with Gasteiger partial charge in [0.25, 0.3) is 0 Å². The van der Waals surface area contributed by atoms with Crippen LogP contribution >= 0.6 is 0 Å². The highest BCUT2D eigenvalue weighted by Crippen LogP contribution is 2.34. The highest BCUT2D eigenvalue weighted by atomic mass is 16.6. The van der Waals surface area contributed by atoms with E-state index in [9.17, 15) is 14.4 Å². The van der Waals surface area contributed by atoms with Gasteiger partial charge >= 0.3 is 6.09 Å². The summed E-state index contributed by atoms with van der Waals surface area (Å²) in [6.07, 6.45) is 3.01. The van der Waals surface area contributed by atoms with Gasteiger partial charge in [0.1, 0.15) is 11.1 Å². The molecule has 1 aromatic carbocycles. The van der Waals surface area contributed by atoms with Crippen LogP contribution in [0.4, 0.5) is 4.79 Å². The Morgan fingerprint density at radius 3 is 2.31 bits per heavy atom. The van der Waals surface area contributed by atoms with E-state index in [2.05, 4.69) is 0 Å². The number of amides is 2. The van der Waals surface area contributed by atoms with E-state index in [1.807, 2.05) is 56.0 Å². The Kier molecular flexibility index (Phi) is 7.93. The lowest BCUT2D eigenvalue weighted by Crippen LogP contribution is -2.57. The first-order valence-corrected chi connectivity index (χ1v) is 11.6. The second kappa shape index (κ2) is 10.5. The smallest absolute Gasteiger partial charge is 0.411 e. The first-order valence-electron chi connectivity index (χ1n) is 11.6. The maximum absolute atomic E-state index is 13.5. The molecule has 32 heavy (non-hydrogen) atoms. The minimum absolute atomic E-state index is 0.0121. The molecule has 2 heterocycles. The minimum atomic E-state index is -1.09. The number of benzene rings is 1. The number of nitrogens with zero attached hydrogens (tertiary/aromatic N) is 2. The van der Waals surface area contributed by atoms with E-state index in [1.165, 1.54) is 4.90 Å². The molecular weight excluding hydrogens is 408 g/mol. The summed E-state index contributed by atoms with van der Waals surface area (Å²) in [5, 5.41) is 0. The standard InChI is InChI=1S/C25H36N2O5/c1-24(2,3)32-23(30)27-17-9-14-25(27,19-31-18-20-10-5-4-6-11-20)21(28)12-13-22(29)26-15-7-8-16-26/h4-6,10-11H,7-9,12-19H2,1-3H3. The summed E-state index contributed by atoms with van der Waals surface area (Å²) in [6, 6.07) is 9.73. The molecule has 1 atom stereocenters. The van der Waals surface area contributed by atoms with Crippen LogP contribution in [0.2, 0.25) is 0 Å². The van der Waals surface area contributed by atoms with Crippen molar-refractivity contribution >= 4 is 17.8 Å². The van der Waals surface area contributed by atoms with Gasteiger partial charge in [0.2, 0.25) is 5.91 Å². The third-order valence-corrected chi connectivity index (χ3v) is 6.10. The monoisotopic (exact) mass is 444 g/mol. The normalized spacial score (nSPS) is 21.1. The Bertz CT molecular complexity index is 798. The number of ketones is 1. The highest BCUT2D eigenvalue weighted by molar-refractivity contribution is 5.94. The topological polar surface area (TPSA) is 76.1 Å². The largest absolute Gasteiger partial charge is 0.444 e. The molecule has 2 fully saturated rings. The van der Waals surface area contributed by atoms with Crippen molar-refractivity contribution in [3.8, 4) is 0 Å². The SMILES string of the molecule is CC(C)(C)OC(=O)N1CCCC1(COCc1ccccc1)C(=O)CCC(=O)N1CCCC1. The summed E-state index contributed by atoms with van der Waals surface area (Å²) >= 11 is 0. The number of rotatable bonds is 8. The molecule has 2 aliphatic heterocycles. The average molecular weight is 445 g/mol. The summed E-state index contributed by atoms with van der Waals surface area (Å²) in [5.74, 6) is -0.112. The Labute approximate surface area is 191 Å². The number of carbonyl (C=O) groups is 3. The maximum Gasteiger partial charge on any atom is 0.411 e. The second-order valence-corrected chi connectivity index (χ2v) is 9.76. The number of hydrogen-bond acceptors (Lipinski definition) is 5. The molecule has 1 unspecified atom stereocenters. The second-order valence-electron chi connectivity index (χ2n) is 9.76. The fourth-order valence-corrected chi connectivity index (χ4v) is 4.47. The van der Waals surface area contributed by atoms with Crippen LogP contribution in [0.1, 0.15) is 64.9 Å². The molecule has 3 rings (SSSR count). The van der Waals surface area contributed by atoms with Gasteiger partial charge in [-0.25, -0.2) is 4.79 Å². The lowest BCUT2D eigenvalue weighted by molar-refractivity contribution is -0.138. The minimum Gasteiger partial charge on any atom is -0.444 e. The third-order valence-electron chi connectivity index (χ3n) is 6.10. The van der Waals surface area contributed by atoms with E-state index in [4.69, 9.17) is 9.47 Å².